The zero-order valence-corrected chi connectivity index (χ0v) is 69.8. The molecule has 6 heterocycles. The maximum Gasteiger partial charge on any atom is 0.308 e. The summed E-state index contributed by atoms with van der Waals surface area (Å²) in [5.41, 5.74) is 0. The summed E-state index contributed by atoms with van der Waals surface area (Å²) in [6, 6.07) is 0. The molecule has 6 fully saturated rings. The Kier molecular flexibility index (Phi) is 50.7. The van der Waals surface area contributed by atoms with Crippen LogP contribution in [0.25, 0.3) is 0 Å². The summed E-state index contributed by atoms with van der Waals surface area (Å²) in [6.45, 7) is 1.10. The third kappa shape index (κ3) is 35.1. The van der Waals surface area contributed by atoms with Gasteiger partial charge in [0.15, 0.2) is 31.5 Å². The van der Waals surface area contributed by atoms with Crippen molar-refractivity contribution in [2.75, 3.05) is 54.4 Å². The molecule has 0 aliphatic carbocycles. The third-order valence-electron chi connectivity index (χ3n) is 23.8. The fraction of sp³-hybridized carbons (Fsp3) is 0.976. The van der Waals surface area contributed by atoms with Crippen molar-refractivity contribution in [2.24, 2.45) is 0 Å². The zero-order chi connectivity index (χ0) is 84.5. The molecular weight excluding hydrogens is 1520 g/mol. The van der Waals surface area contributed by atoms with Crippen LogP contribution in [0.5, 0.6) is 0 Å². The molecule has 31 atom stereocenters. The van der Waals surface area contributed by atoms with Crippen LogP contribution in [0.4, 0.5) is 0 Å². The van der Waals surface area contributed by atoms with Crippen LogP contribution >= 0.6 is 0 Å². The number of esters is 2. The topological polar surface area (TPSA) is 496 Å². The van der Waals surface area contributed by atoms with E-state index in [-0.39, 0.29) is 37.3 Å². The van der Waals surface area contributed by atoms with Crippen LogP contribution in [0.1, 0.15) is 271 Å². The quantitative estimate of drug-likeness (QED) is 0.0302. The van der Waals surface area contributed by atoms with E-state index < -0.39 is 211 Å². The highest BCUT2D eigenvalue weighted by Crippen LogP contribution is 2.34. The van der Waals surface area contributed by atoms with E-state index in [1.165, 1.54) is 21.3 Å². The molecule has 682 valence electrons. The van der Waals surface area contributed by atoms with Gasteiger partial charge >= 0.3 is 11.9 Å². The van der Waals surface area contributed by atoms with Gasteiger partial charge in [-0.2, -0.15) is 0 Å². The molecule has 6 rings (SSSR count). The van der Waals surface area contributed by atoms with Gasteiger partial charge in [0.05, 0.1) is 69.3 Å². The van der Waals surface area contributed by atoms with Crippen LogP contribution in [-0.4, -0.2) is 338 Å². The lowest BCUT2D eigenvalue weighted by atomic mass is 9.98. The summed E-state index contributed by atoms with van der Waals surface area (Å²) >= 11 is 0. The van der Waals surface area contributed by atoms with E-state index in [1.807, 2.05) is 6.92 Å². The SMILES string of the molecule is CO[C@H]1[C@H](O[C@@H](CCCCCCCCCCCCCCC[C@@H]2CC(=O)OC[C@H]3O[C@@H](O[C@H](CCCCCCCCCCCCC[C@@H](CCCCC[C@@H](C)O)O[C@@H]4O[C@H](CO)[C@@H](O)[C@H](O)[C@H]4OC)CC(=O)OC[C@H]4O[C@@H](O2)[C@H](O)[C@@H](O)[C@@H]4O)[C@H](O)[C@@H](O)[C@@H]3O)CCCCC[C@@H](C)O[C@@H]2O[C@H](CO)[C@@H](O)[C@H](O)[C@H]2OC)O[C@H](CO)[C@@H](O)[C@@H]1O. The van der Waals surface area contributed by atoms with E-state index in [0.29, 0.717) is 38.5 Å². The number of hydrogen-bond acceptors (Lipinski definition) is 33. The minimum absolute atomic E-state index is 0.187. The summed E-state index contributed by atoms with van der Waals surface area (Å²) in [6.07, 6.45) is -3.24. The van der Waals surface area contributed by atoms with Crippen LogP contribution in [0.2, 0.25) is 0 Å². The number of ether oxygens (including phenoxy) is 15. The molecule has 6 aliphatic heterocycles. The third-order valence-corrected chi connectivity index (χ3v) is 23.8. The number of fused-ring (bicyclic) bond motifs is 4. The van der Waals surface area contributed by atoms with E-state index in [0.717, 1.165) is 205 Å². The predicted molar refractivity (Wildman–Crippen MR) is 417 cm³/mol. The first-order chi connectivity index (χ1) is 55.9. The number of carbonyl (C=O) groups excluding carboxylic acids is 2. The standard InChI is InChI=1S/C83H152O33/c1-51(87)36-28-26-34-40-53(108-82-77(103-4)72(98)65(91)58(47-85)113-82)38-30-22-19-15-12-9-13-17-21-25-33-43-56-45-63(89)106-50-60-67(93)69(95)74(100)79(115-60)110-55(44-62(88)105-49-61-68(94)70(96)75(101)80(111-56)116-61)42-32-24-20-16-11-8-6-7-10-14-18-23-31-39-54(109-83-78(104-5)73(99)66(92)59(48-86)114-83)41-35-27-29-37-52(2)107-81-76(102-3)71(97)64(90)57(46-84)112-81/h51-61,64-87,90-101H,6-50H2,1-5H3/t51-,52-,53+,54+,55-,56-,57-,58-,59-,60-,61-,64-,65-,66-,67-,68-,69+,70+,71+,72+,73+,74-,75-,76-,77-,78-,79-,80-,81-,82-,83-/m1/s1. The van der Waals surface area contributed by atoms with E-state index in [2.05, 4.69) is 0 Å². The molecule has 33 nitrogen and oxygen atoms in total. The number of methoxy groups -OCH3 is 3. The van der Waals surface area contributed by atoms with E-state index >= 15 is 0 Å². The molecule has 33 heteroatoms. The number of aliphatic hydroxyl groups is 16. The van der Waals surface area contributed by atoms with Crippen molar-refractivity contribution in [3.05, 3.63) is 0 Å². The summed E-state index contributed by atoms with van der Waals surface area (Å²) in [5.74, 6) is -1.54. The van der Waals surface area contributed by atoms with Crippen LogP contribution in [0.3, 0.4) is 0 Å². The molecule has 0 aromatic heterocycles. The van der Waals surface area contributed by atoms with Crippen molar-refractivity contribution in [3.63, 3.8) is 0 Å². The average molecular weight is 1680 g/mol. The second kappa shape index (κ2) is 57.3. The molecule has 0 spiro atoms. The molecule has 0 saturated carbocycles. The Bertz CT molecular complexity index is 2520. The van der Waals surface area contributed by atoms with Crippen LogP contribution in [0, 0.1) is 0 Å². The minimum Gasteiger partial charge on any atom is -0.463 e. The Morgan fingerprint density at radius 2 is 0.595 bits per heavy atom. The molecule has 0 aromatic rings. The molecule has 0 amide bonds. The Morgan fingerprint density at radius 3 is 0.897 bits per heavy atom. The molecule has 16 N–H and O–H groups in total. The van der Waals surface area contributed by atoms with Gasteiger partial charge in [0.1, 0.15) is 135 Å². The summed E-state index contributed by atoms with van der Waals surface area (Å²) in [4.78, 5) is 27.2. The molecule has 4 bridgehead atoms. The van der Waals surface area contributed by atoms with Crippen molar-refractivity contribution in [1.29, 1.82) is 0 Å². The first kappa shape index (κ1) is 103. The van der Waals surface area contributed by atoms with Crippen molar-refractivity contribution in [3.8, 4) is 0 Å². The van der Waals surface area contributed by atoms with Crippen molar-refractivity contribution >= 4 is 11.9 Å². The highest BCUT2D eigenvalue weighted by atomic mass is 16.8. The van der Waals surface area contributed by atoms with Gasteiger partial charge in [-0.1, -0.05) is 193 Å². The second-order valence-electron chi connectivity index (χ2n) is 33.3. The van der Waals surface area contributed by atoms with Gasteiger partial charge in [0.25, 0.3) is 0 Å². The normalized spacial score (nSPS) is 35.6. The molecule has 0 radical (unpaired) electrons. The van der Waals surface area contributed by atoms with E-state index in [1.54, 1.807) is 6.92 Å². The van der Waals surface area contributed by atoms with Gasteiger partial charge in [-0.3, -0.25) is 9.59 Å². The summed E-state index contributed by atoms with van der Waals surface area (Å²) in [5, 5.41) is 169. The average Bonchev–Trinajstić information content (AvgIpc) is 0.833. The molecule has 6 saturated heterocycles. The van der Waals surface area contributed by atoms with E-state index in [4.69, 9.17) is 71.1 Å². The van der Waals surface area contributed by atoms with Gasteiger partial charge in [0, 0.05) is 21.3 Å². The second-order valence-corrected chi connectivity index (χ2v) is 33.3. The van der Waals surface area contributed by atoms with Gasteiger partial charge in [-0.15, -0.1) is 0 Å². The first-order valence-electron chi connectivity index (χ1n) is 44.0. The number of aliphatic hydroxyl groups excluding tert-OH is 16. The Morgan fingerprint density at radius 1 is 0.319 bits per heavy atom. The lowest BCUT2D eigenvalue weighted by Gasteiger charge is -2.42. The van der Waals surface area contributed by atoms with Crippen LogP contribution in [0.15, 0.2) is 0 Å². The van der Waals surface area contributed by atoms with Gasteiger partial charge in [-0.05, 0) is 65.2 Å². The molecule has 0 aromatic carbocycles. The van der Waals surface area contributed by atoms with Gasteiger partial charge < -0.3 is 153 Å². The molecular formula is C83H152O33. The lowest BCUT2D eigenvalue weighted by Crippen LogP contribution is -2.60. The maximum absolute atomic E-state index is 13.6. The Balaban J connectivity index is 0.871. The van der Waals surface area contributed by atoms with Gasteiger partial charge in [-0.25, -0.2) is 0 Å². The highest BCUT2D eigenvalue weighted by Gasteiger charge is 2.51. The number of hydrogen-bond donors (Lipinski definition) is 16. The monoisotopic (exact) mass is 1680 g/mol. The molecule has 116 heavy (non-hydrogen) atoms. The fourth-order valence-electron chi connectivity index (χ4n) is 16.5. The minimum atomic E-state index is -1.77. The van der Waals surface area contributed by atoms with Gasteiger partial charge in [0.2, 0.25) is 0 Å². The number of cyclic esters (lactones) is 2. The summed E-state index contributed by atoms with van der Waals surface area (Å²) in [7, 11) is 4.22. The first-order valence-corrected chi connectivity index (χ1v) is 44.0. The number of rotatable bonds is 54. The lowest BCUT2D eigenvalue weighted by molar-refractivity contribution is -0.316. The smallest absolute Gasteiger partial charge is 0.308 e. The maximum atomic E-state index is 13.6. The Hall–Kier alpha value is -2.22. The Labute approximate surface area is 686 Å². The van der Waals surface area contributed by atoms with Crippen LogP contribution < -0.4 is 0 Å². The number of unbranched alkanes of at least 4 members (excludes halogenated alkanes) is 26. The fourth-order valence-corrected chi connectivity index (χ4v) is 16.5. The highest BCUT2D eigenvalue weighted by molar-refractivity contribution is 5.70. The predicted octanol–water partition coefficient (Wildman–Crippen LogP) is 3.99. The van der Waals surface area contributed by atoms with Crippen LogP contribution in [-0.2, 0) is 80.6 Å². The zero-order valence-electron chi connectivity index (χ0n) is 69.8. The largest absolute Gasteiger partial charge is 0.463 e. The van der Waals surface area contributed by atoms with E-state index in [9.17, 15) is 91.3 Å². The van der Waals surface area contributed by atoms with Crippen molar-refractivity contribution in [2.45, 2.75) is 461 Å². The van der Waals surface area contributed by atoms with Crippen molar-refractivity contribution < 1.29 is 162 Å². The summed E-state index contributed by atoms with van der Waals surface area (Å²) < 4.78 is 88.3. The van der Waals surface area contributed by atoms with Crippen molar-refractivity contribution in [1.82, 2.24) is 0 Å². The molecule has 6 aliphatic rings. The number of carbonyl (C=O) groups is 2. The molecule has 0 unspecified atom stereocenters.